The number of halogens is 2. The molecule has 0 radical (unpaired) electrons. The van der Waals surface area contributed by atoms with Crippen molar-refractivity contribution in [3.8, 4) is 16.9 Å². The Hall–Kier alpha value is -3.52. The summed E-state index contributed by atoms with van der Waals surface area (Å²) in [4.78, 5) is 41.4. The lowest BCUT2D eigenvalue weighted by molar-refractivity contribution is -0.138. The standard InChI is InChI=1S/C27H25ClFN3O4/c1-13-12-30-20(15-5-4-6-19(23(15)29)31-26(36)27(3)7-8-27)11-21(13)32-14(2)9-17(22(28)24(32)33)16-10-18(16)25(34)35/h4-6,9,11-12,16,18H,7-8,10H2,1-3H3,(H,31,36)(H,34,35)/t16-,18+/m1/s1. The summed E-state index contributed by atoms with van der Waals surface area (Å²) in [5.41, 5.74) is 1.91. The third-order valence-corrected chi connectivity index (χ3v) is 7.64. The van der Waals surface area contributed by atoms with Crippen molar-refractivity contribution in [1.29, 1.82) is 0 Å². The molecule has 0 saturated heterocycles. The first kappa shape index (κ1) is 24.2. The van der Waals surface area contributed by atoms with Crippen molar-refractivity contribution in [2.24, 2.45) is 11.3 Å². The molecule has 0 unspecified atom stereocenters. The Bertz CT molecular complexity index is 1500. The van der Waals surface area contributed by atoms with Gasteiger partial charge < -0.3 is 10.4 Å². The Balaban J connectivity index is 1.54. The monoisotopic (exact) mass is 509 g/mol. The Morgan fingerprint density at radius 3 is 2.61 bits per heavy atom. The molecule has 1 aromatic carbocycles. The fourth-order valence-corrected chi connectivity index (χ4v) is 4.81. The molecular weight excluding hydrogens is 485 g/mol. The number of aryl methyl sites for hydroxylation is 2. The van der Waals surface area contributed by atoms with Crippen molar-refractivity contribution in [2.45, 2.75) is 46.0 Å². The minimum absolute atomic E-state index is 0.0171. The zero-order valence-corrected chi connectivity index (χ0v) is 20.8. The fourth-order valence-electron chi connectivity index (χ4n) is 4.53. The predicted molar refractivity (Wildman–Crippen MR) is 134 cm³/mol. The molecule has 2 aliphatic carbocycles. The van der Waals surface area contributed by atoms with Gasteiger partial charge in [0.25, 0.3) is 5.56 Å². The second kappa shape index (κ2) is 8.55. The van der Waals surface area contributed by atoms with Gasteiger partial charge in [0, 0.05) is 22.9 Å². The highest BCUT2D eigenvalue weighted by molar-refractivity contribution is 6.31. The Morgan fingerprint density at radius 2 is 1.97 bits per heavy atom. The van der Waals surface area contributed by atoms with Gasteiger partial charge in [0.2, 0.25) is 5.91 Å². The first-order chi connectivity index (χ1) is 17.0. The summed E-state index contributed by atoms with van der Waals surface area (Å²) in [6.45, 7) is 5.37. The maximum absolute atomic E-state index is 15.4. The molecule has 2 atom stereocenters. The smallest absolute Gasteiger partial charge is 0.307 e. The van der Waals surface area contributed by atoms with Crippen molar-refractivity contribution in [3.63, 3.8) is 0 Å². The first-order valence-corrected chi connectivity index (χ1v) is 12.1. The number of benzene rings is 1. The Morgan fingerprint density at radius 1 is 1.25 bits per heavy atom. The van der Waals surface area contributed by atoms with Crippen LogP contribution in [-0.4, -0.2) is 26.5 Å². The molecule has 2 aromatic heterocycles. The van der Waals surface area contributed by atoms with Crippen LogP contribution >= 0.6 is 11.6 Å². The van der Waals surface area contributed by atoms with Crippen LogP contribution in [0, 0.1) is 31.0 Å². The molecule has 2 aliphatic rings. The maximum Gasteiger partial charge on any atom is 0.307 e. The number of amides is 1. The molecular formula is C27H25ClFN3O4. The predicted octanol–water partition coefficient (Wildman–Crippen LogP) is 5.24. The highest BCUT2D eigenvalue weighted by Gasteiger charge is 2.46. The quantitative estimate of drug-likeness (QED) is 0.473. The molecule has 2 heterocycles. The van der Waals surface area contributed by atoms with Crippen molar-refractivity contribution in [3.05, 3.63) is 74.5 Å². The number of aromatic nitrogens is 2. The van der Waals surface area contributed by atoms with Crippen LogP contribution in [0.4, 0.5) is 10.1 Å². The summed E-state index contributed by atoms with van der Waals surface area (Å²) >= 11 is 6.43. The molecule has 0 spiro atoms. The minimum Gasteiger partial charge on any atom is -0.481 e. The lowest BCUT2D eigenvalue weighted by Crippen LogP contribution is -2.23. The molecule has 7 nitrogen and oxygen atoms in total. The first-order valence-electron chi connectivity index (χ1n) is 11.7. The number of carboxylic acid groups (broad SMARTS) is 1. The number of pyridine rings is 2. The molecule has 2 saturated carbocycles. The van der Waals surface area contributed by atoms with Crippen LogP contribution in [0.2, 0.25) is 5.02 Å². The summed E-state index contributed by atoms with van der Waals surface area (Å²) in [7, 11) is 0. The van der Waals surface area contributed by atoms with Crippen molar-refractivity contribution >= 4 is 29.2 Å². The lowest BCUT2D eigenvalue weighted by atomic mass is 10.1. The van der Waals surface area contributed by atoms with E-state index in [2.05, 4.69) is 10.3 Å². The van der Waals surface area contributed by atoms with E-state index in [0.717, 1.165) is 12.8 Å². The molecule has 0 aliphatic heterocycles. The van der Waals surface area contributed by atoms with E-state index in [-0.39, 0.29) is 28.1 Å². The molecule has 3 aromatic rings. The lowest BCUT2D eigenvalue weighted by Gasteiger charge is -2.17. The number of carboxylic acids is 1. The molecule has 186 valence electrons. The van der Waals surface area contributed by atoms with Gasteiger partial charge in [0.15, 0.2) is 5.82 Å². The largest absolute Gasteiger partial charge is 0.481 e. The number of anilines is 1. The van der Waals surface area contributed by atoms with Gasteiger partial charge in [-0.15, -0.1) is 0 Å². The minimum atomic E-state index is -0.904. The van der Waals surface area contributed by atoms with E-state index in [4.69, 9.17) is 11.6 Å². The van der Waals surface area contributed by atoms with Gasteiger partial charge in [-0.3, -0.25) is 23.9 Å². The van der Waals surface area contributed by atoms with E-state index >= 15 is 4.39 Å². The normalized spacial score (nSPS) is 19.6. The van der Waals surface area contributed by atoms with Gasteiger partial charge in [-0.05, 0) is 74.4 Å². The van der Waals surface area contributed by atoms with E-state index < -0.39 is 28.7 Å². The molecule has 0 bridgehead atoms. The van der Waals surface area contributed by atoms with Gasteiger partial charge in [0.05, 0.1) is 23.0 Å². The second-order valence-electron chi connectivity index (χ2n) is 10.0. The second-order valence-corrected chi connectivity index (χ2v) is 10.4. The van der Waals surface area contributed by atoms with E-state index in [1.54, 1.807) is 44.3 Å². The van der Waals surface area contributed by atoms with E-state index in [0.29, 0.717) is 34.6 Å². The Labute approximate surface area is 211 Å². The number of aliphatic carboxylic acids is 1. The van der Waals surface area contributed by atoms with Gasteiger partial charge in [-0.2, -0.15) is 0 Å². The maximum atomic E-state index is 15.4. The van der Waals surface area contributed by atoms with Crippen molar-refractivity contribution < 1.29 is 19.1 Å². The third-order valence-electron chi connectivity index (χ3n) is 7.26. The number of hydrogen-bond donors (Lipinski definition) is 2. The van der Waals surface area contributed by atoms with E-state index in [1.165, 1.54) is 10.6 Å². The van der Waals surface area contributed by atoms with Crippen LogP contribution in [0.25, 0.3) is 16.9 Å². The summed E-state index contributed by atoms with van der Waals surface area (Å²) in [6, 6.07) is 8.07. The number of carbonyl (C=O) groups excluding carboxylic acids is 1. The molecule has 5 rings (SSSR count). The fraction of sp³-hybridized carbons (Fsp3) is 0.333. The van der Waals surface area contributed by atoms with Crippen LogP contribution in [0.3, 0.4) is 0 Å². The SMILES string of the molecule is Cc1cnc(-c2cccc(NC(=O)C3(C)CC3)c2F)cc1-n1c(C)cc([C@H]2C[C@@H]2C(=O)O)c(Cl)c1=O. The number of hydrogen-bond acceptors (Lipinski definition) is 4. The highest BCUT2D eigenvalue weighted by atomic mass is 35.5. The van der Waals surface area contributed by atoms with E-state index in [9.17, 15) is 19.5 Å². The summed E-state index contributed by atoms with van der Waals surface area (Å²) in [5, 5.41) is 11.9. The Kier molecular flexibility index (Phi) is 5.75. The molecule has 1 amide bonds. The van der Waals surface area contributed by atoms with Crippen LogP contribution < -0.4 is 10.9 Å². The highest BCUT2D eigenvalue weighted by Crippen LogP contribution is 2.49. The summed E-state index contributed by atoms with van der Waals surface area (Å²) < 4.78 is 16.9. The number of rotatable bonds is 6. The third kappa shape index (κ3) is 4.09. The average molecular weight is 510 g/mol. The summed E-state index contributed by atoms with van der Waals surface area (Å²) in [5.74, 6) is -2.55. The summed E-state index contributed by atoms with van der Waals surface area (Å²) in [6.07, 6.45) is 3.55. The zero-order chi connectivity index (χ0) is 25.9. The van der Waals surface area contributed by atoms with Gasteiger partial charge >= 0.3 is 5.97 Å². The molecule has 36 heavy (non-hydrogen) atoms. The van der Waals surface area contributed by atoms with Crippen LogP contribution in [0.5, 0.6) is 0 Å². The molecule has 2 fully saturated rings. The topological polar surface area (TPSA) is 101 Å². The van der Waals surface area contributed by atoms with Gasteiger partial charge in [-0.25, -0.2) is 4.39 Å². The van der Waals surface area contributed by atoms with Crippen molar-refractivity contribution in [2.75, 3.05) is 5.32 Å². The average Bonchev–Trinajstić information content (AvgIpc) is 3.75. The number of nitrogens with one attached hydrogen (secondary N) is 1. The van der Waals surface area contributed by atoms with Crippen molar-refractivity contribution in [1.82, 2.24) is 9.55 Å². The molecule has 9 heteroatoms. The number of carbonyl (C=O) groups is 2. The van der Waals surface area contributed by atoms with E-state index in [1.807, 2.05) is 6.92 Å². The van der Waals surface area contributed by atoms with Gasteiger partial charge in [0.1, 0.15) is 5.02 Å². The number of nitrogens with zero attached hydrogens (tertiary/aromatic N) is 2. The van der Waals surface area contributed by atoms with Crippen LogP contribution in [-0.2, 0) is 9.59 Å². The van der Waals surface area contributed by atoms with Crippen LogP contribution in [0.1, 0.15) is 48.9 Å². The zero-order valence-electron chi connectivity index (χ0n) is 20.1. The van der Waals surface area contributed by atoms with Crippen LogP contribution in [0.15, 0.2) is 41.3 Å². The van der Waals surface area contributed by atoms with Gasteiger partial charge in [-0.1, -0.05) is 24.6 Å². The molecule has 2 N–H and O–H groups in total.